The van der Waals surface area contributed by atoms with Gasteiger partial charge >= 0.3 is 5.97 Å². The van der Waals surface area contributed by atoms with Gasteiger partial charge in [-0.15, -0.1) is 0 Å². The molecule has 0 unspecified atom stereocenters. The Hall–Kier alpha value is -1.83. The summed E-state index contributed by atoms with van der Waals surface area (Å²) in [6.45, 7) is -0.732. The van der Waals surface area contributed by atoms with E-state index < -0.39 is 24.5 Å². The number of anilines is 1. The number of ether oxygens (including phenoxy) is 2. The molecular weight excluding hydrogens is 314 g/mol. The highest BCUT2D eigenvalue weighted by atomic mass is 35.5. The maximum atomic E-state index is 12.3. The van der Waals surface area contributed by atoms with Crippen molar-refractivity contribution in [2.45, 2.75) is 12.5 Å². The first-order chi connectivity index (χ1) is 10.5. The van der Waals surface area contributed by atoms with E-state index in [4.69, 9.17) is 26.2 Å². The average molecular weight is 332 g/mol. The molecule has 0 heterocycles. The SMILES string of the molecule is COCC(=O)N(c1c(Cl)cccc1OC)[C@@H](CCO)C(=O)O. The number of benzene rings is 1. The third-order valence-corrected chi connectivity index (χ3v) is 3.25. The highest BCUT2D eigenvalue weighted by Crippen LogP contribution is 2.37. The van der Waals surface area contributed by atoms with Gasteiger partial charge in [-0.2, -0.15) is 0 Å². The van der Waals surface area contributed by atoms with Crippen LogP contribution in [0.15, 0.2) is 18.2 Å². The van der Waals surface area contributed by atoms with Gasteiger partial charge < -0.3 is 19.7 Å². The Morgan fingerprint density at radius 2 is 2.05 bits per heavy atom. The Morgan fingerprint density at radius 3 is 2.55 bits per heavy atom. The number of aliphatic hydroxyl groups excluding tert-OH is 1. The fourth-order valence-corrected chi connectivity index (χ4v) is 2.28. The van der Waals surface area contributed by atoms with Gasteiger partial charge in [-0.1, -0.05) is 17.7 Å². The Kier molecular flexibility index (Phi) is 7.10. The predicted molar refractivity (Wildman–Crippen MR) is 80.5 cm³/mol. The van der Waals surface area contributed by atoms with E-state index in [1.54, 1.807) is 12.1 Å². The fraction of sp³-hybridized carbons (Fsp3) is 0.429. The molecule has 7 nitrogen and oxygen atoms in total. The lowest BCUT2D eigenvalue weighted by Gasteiger charge is -2.30. The van der Waals surface area contributed by atoms with Gasteiger partial charge in [-0.3, -0.25) is 9.69 Å². The molecule has 1 atom stereocenters. The van der Waals surface area contributed by atoms with Crippen molar-refractivity contribution in [1.82, 2.24) is 0 Å². The van der Waals surface area contributed by atoms with Gasteiger partial charge in [0.2, 0.25) is 0 Å². The number of nitrogens with zero attached hydrogens (tertiary/aromatic N) is 1. The summed E-state index contributed by atoms with van der Waals surface area (Å²) in [5.41, 5.74) is 0.134. The number of para-hydroxylation sites is 1. The average Bonchev–Trinajstić information content (AvgIpc) is 2.48. The standard InChI is InChI=1S/C14H18ClNO6/c1-21-8-12(18)16(10(6-7-17)14(19)20)13-9(15)4-3-5-11(13)22-2/h3-5,10,17H,6-8H2,1-2H3,(H,19,20)/t10-/m0/s1. The molecule has 1 aromatic rings. The topological polar surface area (TPSA) is 96.3 Å². The molecule has 0 saturated heterocycles. The quantitative estimate of drug-likeness (QED) is 0.742. The summed E-state index contributed by atoms with van der Waals surface area (Å²) in [6.07, 6.45) is -0.154. The molecule has 0 aliphatic rings. The molecule has 1 aromatic carbocycles. The number of carboxylic acids is 1. The summed E-state index contributed by atoms with van der Waals surface area (Å²) in [6, 6.07) is 3.41. The number of aliphatic hydroxyl groups is 1. The minimum Gasteiger partial charge on any atom is -0.495 e. The normalized spacial score (nSPS) is 11.8. The van der Waals surface area contributed by atoms with E-state index in [0.29, 0.717) is 0 Å². The third kappa shape index (κ3) is 4.09. The van der Waals surface area contributed by atoms with Gasteiger partial charge in [0, 0.05) is 20.1 Å². The second kappa shape index (κ2) is 8.57. The van der Waals surface area contributed by atoms with Gasteiger partial charge in [0.25, 0.3) is 5.91 Å². The van der Waals surface area contributed by atoms with Crippen LogP contribution >= 0.6 is 11.6 Å². The van der Waals surface area contributed by atoms with Crippen molar-refractivity contribution in [3.8, 4) is 5.75 Å². The molecule has 0 aliphatic heterocycles. The van der Waals surface area contributed by atoms with Crippen molar-refractivity contribution in [2.24, 2.45) is 0 Å². The van der Waals surface area contributed by atoms with E-state index in [9.17, 15) is 14.7 Å². The summed E-state index contributed by atoms with van der Waals surface area (Å²) in [5, 5.41) is 18.6. The van der Waals surface area contributed by atoms with Gasteiger partial charge in [-0.25, -0.2) is 4.79 Å². The number of rotatable bonds is 8. The Labute approximate surface area is 133 Å². The van der Waals surface area contributed by atoms with Crippen molar-refractivity contribution in [3.63, 3.8) is 0 Å². The lowest BCUT2D eigenvalue weighted by molar-refractivity contribution is -0.141. The van der Waals surface area contributed by atoms with Gasteiger partial charge in [-0.05, 0) is 12.1 Å². The van der Waals surface area contributed by atoms with Crippen molar-refractivity contribution < 1.29 is 29.3 Å². The number of hydrogen-bond acceptors (Lipinski definition) is 5. The minimum atomic E-state index is -1.29. The van der Waals surface area contributed by atoms with E-state index in [1.807, 2.05) is 0 Å². The number of aliphatic carboxylic acids is 1. The van der Waals surface area contributed by atoms with E-state index in [-0.39, 0.29) is 29.5 Å². The van der Waals surface area contributed by atoms with Gasteiger partial charge in [0.1, 0.15) is 24.1 Å². The number of amides is 1. The number of carbonyl (C=O) groups is 2. The van der Waals surface area contributed by atoms with E-state index >= 15 is 0 Å². The third-order valence-electron chi connectivity index (χ3n) is 2.95. The van der Waals surface area contributed by atoms with Crippen LogP contribution in [0.5, 0.6) is 5.75 Å². The van der Waals surface area contributed by atoms with Crippen LogP contribution in [-0.4, -0.2) is 55.6 Å². The Bertz CT molecular complexity index is 536. The van der Waals surface area contributed by atoms with Gasteiger partial charge in [0.15, 0.2) is 0 Å². The summed E-state index contributed by atoms with van der Waals surface area (Å²) in [4.78, 5) is 24.8. The first-order valence-electron chi connectivity index (χ1n) is 6.45. The molecule has 0 spiro atoms. The van der Waals surface area contributed by atoms with E-state index in [1.165, 1.54) is 20.3 Å². The molecule has 0 aromatic heterocycles. The van der Waals surface area contributed by atoms with Crippen LogP contribution in [-0.2, 0) is 14.3 Å². The zero-order valence-electron chi connectivity index (χ0n) is 12.3. The smallest absolute Gasteiger partial charge is 0.326 e. The maximum Gasteiger partial charge on any atom is 0.326 e. The molecule has 0 saturated carbocycles. The molecule has 1 amide bonds. The molecule has 0 bridgehead atoms. The van der Waals surface area contributed by atoms with Crippen molar-refractivity contribution >= 4 is 29.2 Å². The summed E-state index contributed by atoms with van der Waals surface area (Å²) in [7, 11) is 2.71. The van der Waals surface area contributed by atoms with E-state index in [2.05, 4.69) is 0 Å². The van der Waals surface area contributed by atoms with Crippen LogP contribution in [0, 0.1) is 0 Å². The highest BCUT2D eigenvalue weighted by molar-refractivity contribution is 6.34. The maximum absolute atomic E-state index is 12.3. The second-order valence-electron chi connectivity index (χ2n) is 4.35. The van der Waals surface area contributed by atoms with Crippen LogP contribution in [0.25, 0.3) is 0 Å². The zero-order valence-corrected chi connectivity index (χ0v) is 13.0. The first kappa shape index (κ1) is 18.2. The summed E-state index contributed by atoms with van der Waals surface area (Å²) < 4.78 is 9.97. The highest BCUT2D eigenvalue weighted by Gasteiger charge is 2.33. The van der Waals surface area contributed by atoms with E-state index in [0.717, 1.165) is 4.90 Å². The van der Waals surface area contributed by atoms with Crippen molar-refractivity contribution in [1.29, 1.82) is 0 Å². The fourth-order valence-electron chi connectivity index (χ4n) is 2.03. The van der Waals surface area contributed by atoms with Crippen molar-refractivity contribution in [2.75, 3.05) is 32.3 Å². The predicted octanol–water partition coefficient (Wildman–Crippen LogP) is 1.16. The lowest BCUT2D eigenvalue weighted by Crippen LogP contribution is -2.47. The molecule has 22 heavy (non-hydrogen) atoms. The number of methoxy groups -OCH3 is 2. The van der Waals surface area contributed by atoms with Crippen LogP contribution in [0.2, 0.25) is 5.02 Å². The molecular formula is C14H18ClNO6. The molecule has 2 N–H and O–H groups in total. The summed E-state index contributed by atoms with van der Waals surface area (Å²) >= 11 is 6.13. The zero-order chi connectivity index (χ0) is 16.7. The minimum absolute atomic E-state index is 0.134. The monoisotopic (exact) mass is 331 g/mol. The molecule has 8 heteroatoms. The second-order valence-corrected chi connectivity index (χ2v) is 4.76. The van der Waals surface area contributed by atoms with Crippen molar-refractivity contribution in [3.05, 3.63) is 23.2 Å². The Balaban J connectivity index is 3.43. The van der Waals surface area contributed by atoms with Crippen LogP contribution in [0.3, 0.4) is 0 Å². The van der Waals surface area contributed by atoms with Crippen LogP contribution < -0.4 is 9.64 Å². The largest absolute Gasteiger partial charge is 0.495 e. The molecule has 1 rings (SSSR count). The number of halogens is 1. The number of carbonyl (C=O) groups excluding carboxylic acids is 1. The molecule has 0 aliphatic carbocycles. The molecule has 122 valence electrons. The van der Waals surface area contributed by atoms with Crippen LogP contribution in [0.1, 0.15) is 6.42 Å². The van der Waals surface area contributed by atoms with Crippen LogP contribution in [0.4, 0.5) is 5.69 Å². The first-order valence-corrected chi connectivity index (χ1v) is 6.82. The molecule has 0 radical (unpaired) electrons. The lowest BCUT2D eigenvalue weighted by atomic mass is 10.1. The summed E-state index contributed by atoms with van der Waals surface area (Å²) in [5.74, 6) is -1.61. The molecule has 0 fully saturated rings. The van der Waals surface area contributed by atoms with Gasteiger partial charge in [0.05, 0.1) is 12.1 Å². The Morgan fingerprint density at radius 1 is 1.36 bits per heavy atom. The number of hydrogen-bond donors (Lipinski definition) is 2. The number of carboxylic acid groups (broad SMARTS) is 1.